The molecule has 0 fully saturated rings. The number of likely N-dealkylation sites (N-methyl/N-ethyl adjacent to an activating group) is 1. The normalized spacial score (nSPS) is 11.5. The van der Waals surface area contributed by atoms with Crippen LogP contribution in [-0.2, 0) is 9.59 Å². The number of nitrogens with zero attached hydrogens (tertiary/aromatic N) is 1. The average Bonchev–Trinajstić information content (AvgIpc) is 2.71. The summed E-state index contributed by atoms with van der Waals surface area (Å²) in [4.78, 5) is 24.2. The zero-order chi connectivity index (χ0) is 20.5. The van der Waals surface area contributed by atoms with Gasteiger partial charge in [0.15, 0.2) is 18.2 Å². The van der Waals surface area contributed by atoms with Gasteiger partial charge in [0.05, 0.1) is 0 Å². The van der Waals surface area contributed by atoms with Gasteiger partial charge in [-0.1, -0.05) is 18.2 Å². The molecule has 0 aliphatic heterocycles. The molecule has 0 aliphatic carbocycles. The van der Waals surface area contributed by atoms with Gasteiger partial charge in [0.1, 0.15) is 17.9 Å². The Hall–Kier alpha value is -3.73. The summed E-state index contributed by atoms with van der Waals surface area (Å²) in [5, 5.41) is 13.3. The van der Waals surface area contributed by atoms with Gasteiger partial charge in [-0.25, -0.2) is 8.78 Å². The highest BCUT2D eigenvalue weighted by atomic mass is 19.2. The van der Waals surface area contributed by atoms with Gasteiger partial charge >= 0.3 is 0 Å². The Kier molecular flexibility index (Phi) is 7.22. The Morgan fingerprint density at radius 2 is 1.89 bits per heavy atom. The van der Waals surface area contributed by atoms with Gasteiger partial charge in [0.25, 0.3) is 0 Å². The summed E-state index contributed by atoms with van der Waals surface area (Å²) in [5.41, 5.74) is 0.794. The summed E-state index contributed by atoms with van der Waals surface area (Å²) in [6.07, 6.45) is 2.72. The minimum absolute atomic E-state index is 0.0670. The Morgan fingerprint density at radius 3 is 2.50 bits per heavy atom. The average molecular weight is 385 g/mol. The quantitative estimate of drug-likeness (QED) is 0.717. The van der Waals surface area contributed by atoms with E-state index in [1.54, 1.807) is 24.3 Å². The SMILES string of the molecule is CNC(=O)C(NC(=O)C=Cc1ccc(OCC#N)cc1)c1ccc(F)c(F)c1. The first-order chi connectivity index (χ1) is 13.4. The third-order valence-electron chi connectivity index (χ3n) is 3.68. The molecule has 2 N–H and O–H groups in total. The van der Waals surface area contributed by atoms with Gasteiger partial charge in [0.2, 0.25) is 11.8 Å². The van der Waals surface area contributed by atoms with Crippen LogP contribution in [0.5, 0.6) is 5.75 Å². The van der Waals surface area contributed by atoms with Crippen molar-refractivity contribution in [2.45, 2.75) is 6.04 Å². The third kappa shape index (κ3) is 5.64. The second-order valence-corrected chi connectivity index (χ2v) is 5.58. The smallest absolute Gasteiger partial charge is 0.246 e. The summed E-state index contributed by atoms with van der Waals surface area (Å²) in [6, 6.07) is 10.3. The molecule has 0 heterocycles. The lowest BCUT2D eigenvalue weighted by molar-refractivity contribution is -0.126. The van der Waals surface area contributed by atoms with E-state index in [1.165, 1.54) is 25.3 Å². The number of halogens is 2. The summed E-state index contributed by atoms with van der Waals surface area (Å²) in [7, 11) is 1.37. The van der Waals surface area contributed by atoms with Crippen molar-refractivity contribution in [1.29, 1.82) is 5.26 Å². The number of nitriles is 1. The number of rotatable bonds is 7. The van der Waals surface area contributed by atoms with E-state index < -0.39 is 29.5 Å². The van der Waals surface area contributed by atoms with Crippen molar-refractivity contribution in [3.05, 3.63) is 71.3 Å². The lowest BCUT2D eigenvalue weighted by Gasteiger charge is -2.17. The highest BCUT2D eigenvalue weighted by Crippen LogP contribution is 2.17. The van der Waals surface area contributed by atoms with Gasteiger partial charge in [-0.3, -0.25) is 9.59 Å². The molecule has 0 saturated carbocycles. The van der Waals surface area contributed by atoms with Crippen LogP contribution in [0.15, 0.2) is 48.5 Å². The van der Waals surface area contributed by atoms with E-state index in [0.29, 0.717) is 11.3 Å². The molecule has 28 heavy (non-hydrogen) atoms. The van der Waals surface area contributed by atoms with E-state index in [-0.39, 0.29) is 12.2 Å². The highest BCUT2D eigenvalue weighted by Gasteiger charge is 2.22. The number of nitrogens with one attached hydrogen (secondary N) is 2. The largest absolute Gasteiger partial charge is 0.479 e. The van der Waals surface area contributed by atoms with Gasteiger partial charge in [-0.05, 0) is 41.5 Å². The highest BCUT2D eigenvalue weighted by molar-refractivity contribution is 5.95. The van der Waals surface area contributed by atoms with Crippen molar-refractivity contribution in [3.63, 3.8) is 0 Å². The lowest BCUT2D eigenvalue weighted by atomic mass is 10.1. The predicted molar refractivity (Wildman–Crippen MR) is 97.9 cm³/mol. The second-order valence-electron chi connectivity index (χ2n) is 5.58. The van der Waals surface area contributed by atoms with Crippen molar-refractivity contribution < 1.29 is 23.1 Å². The Balaban J connectivity index is 2.08. The van der Waals surface area contributed by atoms with Crippen LogP contribution < -0.4 is 15.4 Å². The van der Waals surface area contributed by atoms with E-state index in [0.717, 1.165) is 12.1 Å². The van der Waals surface area contributed by atoms with Crippen LogP contribution in [0.25, 0.3) is 6.08 Å². The lowest BCUT2D eigenvalue weighted by Crippen LogP contribution is -2.38. The molecule has 6 nitrogen and oxygen atoms in total. The van der Waals surface area contributed by atoms with Crippen LogP contribution in [0, 0.1) is 23.0 Å². The fourth-order valence-electron chi connectivity index (χ4n) is 2.29. The molecule has 0 spiro atoms. The molecule has 2 amide bonds. The van der Waals surface area contributed by atoms with Gasteiger partial charge in [0, 0.05) is 13.1 Å². The number of ether oxygens (including phenoxy) is 1. The first-order valence-corrected chi connectivity index (χ1v) is 8.19. The molecular formula is C20H17F2N3O3. The molecule has 0 aliphatic rings. The molecule has 8 heteroatoms. The van der Waals surface area contributed by atoms with E-state index in [1.807, 2.05) is 6.07 Å². The summed E-state index contributed by atoms with van der Waals surface area (Å²) < 4.78 is 31.7. The summed E-state index contributed by atoms with van der Waals surface area (Å²) in [6.45, 7) is -0.0670. The van der Waals surface area contributed by atoms with E-state index >= 15 is 0 Å². The molecule has 1 unspecified atom stereocenters. The first kappa shape index (κ1) is 20.6. The number of hydrogen-bond acceptors (Lipinski definition) is 4. The standard InChI is InChI=1S/C20H17F2N3O3/c1-24-20(27)19(14-5-8-16(21)17(22)12-14)25-18(26)9-4-13-2-6-15(7-3-13)28-11-10-23/h2-9,12,19H,11H2,1H3,(H,24,27)(H,25,26). The first-order valence-electron chi connectivity index (χ1n) is 8.19. The minimum Gasteiger partial charge on any atom is -0.479 e. The zero-order valence-corrected chi connectivity index (χ0v) is 14.9. The maximum absolute atomic E-state index is 13.5. The molecule has 0 saturated heterocycles. The number of hydrogen-bond donors (Lipinski definition) is 2. The van der Waals surface area contributed by atoms with Crippen LogP contribution in [-0.4, -0.2) is 25.5 Å². The van der Waals surface area contributed by atoms with Gasteiger partial charge in [-0.2, -0.15) is 5.26 Å². The van der Waals surface area contributed by atoms with Crippen molar-refractivity contribution in [3.8, 4) is 11.8 Å². The van der Waals surface area contributed by atoms with Gasteiger partial charge < -0.3 is 15.4 Å². The third-order valence-corrected chi connectivity index (χ3v) is 3.68. The fraction of sp³-hybridized carbons (Fsp3) is 0.150. The Morgan fingerprint density at radius 1 is 1.18 bits per heavy atom. The molecule has 2 aromatic rings. The van der Waals surface area contributed by atoms with Crippen LogP contribution in [0.1, 0.15) is 17.2 Å². The molecule has 0 radical (unpaired) electrons. The van der Waals surface area contributed by atoms with Crippen molar-refractivity contribution >= 4 is 17.9 Å². The van der Waals surface area contributed by atoms with Crippen LogP contribution >= 0.6 is 0 Å². The van der Waals surface area contributed by atoms with Crippen LogP contribution in [0.2, 0.25) is 0 Å². The monoisotopic (exact) mass is 385 g/mol. The molecule has 0 aromatic heterocycles. The molecule has 2 rings (SSSR count). The Bertz CT molecular complexity index is 921. The number of amides is 2. The number of carbonyl (C=O) groups is 2. The minimum atomic E-state index is -1.18. The summed E-state index contributed by atoms with van der Waals surface area (Å²) in [5.74, 6) is -2.82. The fourth-order valence-corrected chi connectivity index (χ4v) is 2.29. The molecule has 2 aromatic carbocycles. The van der Waals surface area contributed by atoms with E-state index in [9.17, 15) is 18.4 Å². The zero-order valence-electron chi connectivity index (χ0n) is 14.9. The topological polar surface area (TPSA) is 91.2 Å². The van der Waals surface area contributed by atoms with Crippen molar-refractivity contribution in [1.82, 2.24) is 10.6 Å². The Labute approximate surface area is 160 Å². The van der Waals surface area contributed by atoms with Gasteiger partial charge in [-0.15, -0.1) is 0 Å². The maximum atomic E-state index is 13.5. The molecule has 0 bridgehead atoms. The predicted octanol–water partition coefficient (Wildman–Crippen LogP) is 2.48. The van der Waals surface area contributed by atoms with Crippen LogP contribution in [0.3, 0.4) is 0 Å². The number of benzene rings is 2. The molecule has 1 atom stereocenters. The van der Waals surface area contributed by atoms with Crippen LogP contribution in [0.4, 0.5) is 8.78 Å². The summed E-state index contributed by atoms with van der Waals surface area (Å²) >= 11 is 0. The van der Waals surface area contributed by atoms with Crippen molar-refractivity contribution in [2.24, 2.45) is 0 Å². The van der Waals surface area contributed by atoms with Crippen molar-refractivity contribution in [2.75, 3.05) is 13.7 Å². The molecule has 144 valence electrons. The van der Waals surface area contributed by atoms with E-state index in [2.05, 4.69) is 10.6 Å². The second kappa shape index (κ2) is 9.83. The maximum Gasteiger partial charge on any atom is 0.246 e. The van der Waals surface area contributed by atoms with E-state index in [4.69, 9.17) is 10.00 Å². The molecular weight excluding hydrogens is 368 g/mol. The number of carbonyl (C=O) groups excluding carboxylic acids is 2.